The number of carbonyl (C=O) groups excluding carboxylic acids is 2. The molecule has 0 aromatic carbocycles. The molecule has 146 valence electrons. The standard InChI is InChI=1S/C20H27N3O2S2/c1-20(2,3)21-17(24)12-22(4)18(25)13-23-9-7-15-14(8-11-27-15)19(23)16-6-5-10-26-16/h5-6,8,10-11,19H,7,9,12-13H2,1-4H3,(H,21,24)/t19-/m0/s1. The molecule has 0 spiro atoms. The highest BCUT2D eigenvalue weighted by atomic mass is 32.1. The van der Waals surface area contributed by atoms with Crippen LogP contribution in [0.25, 0.3) is 0 Å². The van der Waals surface area contributed by atoms with Crippen LogP contribution in [0.2, 0.25) is 0 Å². The van der Waals surface area contributed by atoms with E-state index in [1.165, 1.54) is 20.2 Å². The van der Waals surface area contributed by atoms with Gasteiger partial charge in [0.15, 0.2) is 0 Å². The summed E-state index contributed by atoms with van der Waals surface area (Å²) in [7, 11) is 1.70. The van der Waals surface area contributed by atoms with Crippen LogP contribution >= 0.6 is 22.7 Å². The summed E-state index contributed by atoms with van der Waals surface area (Å²) in [6, 6.07) is 6.51. The quantitative estimate of drug-likeness (QED) is 0.832. The predicted molar refractivity (Wildman–Crippen MR) is 111 cm³/mol. The SMILES string of the molecule is CN(CC(=O)NC(C)(C)C)C(=O)CN1CCc2sccc2[C@H]1c1cccs1. The lowest BCUT2D eigenvalue weighted by Gasteiger charge is -2.35. The van der Waals surface area contributed by atoms with E-state index in [2.05, 4.69) is 39.2 Å². The van der Waals surface area contributed by atoms with Gasteiger partial charge in [-0.2, -0.15) is 0 Å². The fraction of sp³-hybridized carbons (Fsp3) is 0.500. The smallest absolute Gasteiger partial charge is 0.240 e. The Balaban J connectivity index is 1.68. The highest BCUT2D eigenvalue weighted by Crippen LogP contribution is 2.39. The number of fused-ring (bicyclic) bond motifs is 1. The molecule has 1 N–H and O–H groups in total. The molecule has 0 radical (unpaired) electrons. The number of hydrogen-bond donors (Lipinski definition) is 1. The third kappa shape index (κ3) is 4.97. The van der Waals surface area contributed by atoms with Crippen LogP contribution in [0, 0.1) is 0 Å². The van der Waals surface area contributed by atoms with Gasteiger partial charge in [0.05, 0.1) is 19.1 Å². The zero-order chi connectivity index (χ0) is 19.6. The number of nitrogens with one attached hydrogen (secondary N) is 1. The molecule has 0 fully saturated rings. The summed E-state index contributed by atoms with van der Waals surface area (Å²) in [6.45, 7) is 7.05. The molecule has 2 aromatic rings. The molecule has 0 unspecified atom stereocenters. The summed E-state index contributed by atoms with van der Waals surface area (Å²) in [5.41, 5.74) is 1.02. The van der Waals surface area contributed by atoms with Crippen LogP contribution in [0.1, 0.15) is 42.1 Å². The van der Waals surface area contributed by atoms with Crippen LogP contribution in [0.4, 0.5) is 0 Å². The lowest BCUT2D eigenvalue weighted by Crippen LogP contribution is -2.48. The van der Waals surface area contributed by atoms with Crippen molar-refractivity contribution in [2.75, 3.05) is 26.7 Å². The van der Waals surface area contributed by atoms with E-state index < -0.39 is 0 Å². The fourth-order valence-corrected chi connectivity index (χ4v) is 5.15. The molecular formula is C20H27N3O2S2. The Bertz CT molecular complexity index is 793. The van der Waals surface area contributed by atoms with Gasteiger partial charge in [-0.15, -0.1) is 22.7 Å². The molecule has 7 heteroatoms. The first-order valence-electron chi connectivity index (χ1n) is 9.13. The summed E-state index contributed by atoms with van der Waals surface area (Å²) >= 11 is 3.52. The molecule has 1 atom stereocenters. The molecule has 0 saturated carbocycles. The average molecular weight is 406 g/mol. The van der Waals surface area contributed by atoms with Crippen LogP contribution in [0.15, 0.2) is 29.0 Å². The molecule has 27 heavy (non-hydrogen) atoms. The summed E-state index contributed by atoms with van der Waals surface area (Å²) in [5.74, 6) is -0.161. The Morgan fingerprint density at radius 2 is 2.04 bits per heavy atom. The van der Waals surface area contributed by atoms with E-state index in [1.54, 1.807) is 29.7 Å². The lowest BCUT2D eigenvalue weighted by molar-refractivity contribution is -0.136. The van der Waals surface area contributed by atoms with Crippen molar-refractivity contribution < 1.29 is 9.59 Å². The number of nitrogens with zero attached hydrogens (tertiary/aromatic N) is 2. The highest BCUT2D eigenvalue weighted by Gasteiger charge is 2.32. The Morgan fingerprint density at radius 1 is 1.26 bits per heavy atom. The topological polar surface area (TPSA) is 52.7 Å². The number of carbonyl (C=O) groups is 2. The second-order valence-corrected chi connectivity index (χ2v) is 9.97. The Morgan fingerprint density at radius 3 is 2.70 bits per heavy atom. The van der Waals surface area contributed by atoms with E-state index in [0.717, 1.165) is 13.0 Å². The van der Waals surface area contributed by atoms with Gasteiger partial charge in [0.25, 0.3) is 0 Å². The molecule has 2 amide bonds. The van der Waals surface area contributed by atoms with E-state index in [4.69, 9.17) is 0 Å². The van der Waals surface area contributed by atoms with Gasteiger partial charge in [-0.25, -0.2) is 0 Å². The zero-order valence-electron chi connectivity index (χ0n) is 16.3. The van der Waals surface area contributed by atoms with Gasteiger partial charge in [-0.05, 0) is 55.6 Å². The minimum Gasteiger partial charge on any atom is -0.350 e. The lowest BCUT2D eigenvalue weighted by atomic mass is 9.98. The summed E-state index contributed by atoms with van der Waals surface area (Å²) in [6.07, 6.45) is 0.969. The molecule has 1 aliphatic heterocycles. The molecule has 0 aliphatic carbocycles. The van der Waals surface area contributed by atoms with Crippen LogP contribution in [-0.2, 0) is 16.0 Å². The maximum absolute atomic E-state index is 12.8. The Kier molecular flexibility index (Phi) is 6.03. The van der Waals surface area contributed by atoms with E-state index in [9.17, 15) is 9.59 Å². The van der Waals surface area contributed by atoms with Crippen LogP contribution in [0.5, 0.6) is 0 Å². The first kappa shape index (κ1) is 20.0. The maximum Gasteiger partial charge on any atom is 0.240 e. The van der Waals surface area contributed by atoms with Gasteiger partial charge in [0, 0.05) is 28.9 Å². The van der Waals surface area contributed by atoms with E-state index in [-0.39, 0.29) is 29.9 Å². The minimum absolute atomic E-state index is 0.0284. The fourth-order valence-electron chi connectivity index (χ4n) is 3.37. The molecular weight excluding hydrogens is 378 g/mol. The number of likely N-dealkylation sites (N-methyl/N-ethyl adjacent to an activating group) is 1. The third-order valence-corrected chi connectivity index (χ3v) is 6.46. The number of hydrogen-bond acceptors (Lipinski definition) is 5. The zero-order valence-corrected chi connectivity index (χ0v) is 18.0. The van der Waals surface area contributed by atoms with Gasteiger partial charge >= 0.3 is 0 Å². The minimum atomic E-state index is -0.298. The normalized spacial score (nSPS) is 17.4. The second-order valence-electron chi connectivity index (χ2n) is 7.99. The Labute approximate surface area is 169 Å². The van der Waals surface area contributed by atoms with E-state index >= 15 is 0 Å². The molecule has 1 aliphatic rings. The molecule has 0 saturated heterocycles. The Hall–Kier alpha value is -1.70. The predicted octanol–water partition coefficient (Wildman–Crippen LogP) is 3.13. The van der Waals surface area contributed by atoms with Gasteiger partial charge in [0.1, 0.15) is 0 Å². The maximum atomic E-state index is 12.8. The van der Waals surface area contributed by atoms with Crippen molar-refractivity contribution in [1.29, 1.82) is 0 Å². The highest BCUT2D eigenvalue weighted by molar-refractivity contribution is 7.10. The second kappa shape index (κ2) is 8.12. The van der Waals surface area contributed by atoms with Crippen LogP contribution < -0.4 is 5.32 Å². The number of thiophene rings is 2. The van der Waals surface area contributed by atoms with Crippen molar-refractivity contribution in [3.8, 4) is 0 Å². The van der Waals surface area contributed by atoms with Gasteiger partial charge in [-0.3, -0.25) is 14.5 Å². The molecule has 5 nitrogen and oxygen atoms in total. The van der Waals surface area contributed by atoms with E-state index in [0.29, 0.717) is 6.54 Å². The molecule has 2 aromatic heterocycles. The van der Waals surface area contributed by atoms with Crippen molar-refractivity contribution in [2.24, 2.45) is 0 Å². The van der Waals surface area contributed by atoms with Gasteiger partial charge in [0.2, 0.25) is 11.8 Å². The van der Waals surface area contributed by atoms with Crippen molar-refractivity contribution in [2.45, 2.75) is 38.8 Å². The van der Waals surface area contributed by atoms with Gasteiger partial charge in [-0.1, -0.05) is 6.07 Å². The van der Waals surface area contributed by atoms with Crippen molar-refractivity contribution in [3.05, 3.63) is 44.3 Å². The number of rotatable bonds is 5. The first-order chi connectivity index (χ1) is 12.7. The third-order valence-electron chi connectivity index (χ3n) is 4.54. The largest absolute Gasteiger partial charge is 0.350 e. The van der Waals surface area contributed by atoms with Gasteiger partial charge < -0.3 is 10.2 Å². The van der Waals surface area contributed by atoms with Crippen molar-refractivity contribution in [1.82, 2.24) is 15.1 Å². The summed E-state index contributed by atoms with van der Waals surface area (Å²) in [4.78, 5) is 31.4. The van der Waals surface area contributed by atoms with Crippen molar-refractivity contribution in [3.63, 3.8) is 0 Å². The first-order valence-corrected chi connectivity index (χ1v) is 10.9. The van der Waals surface area contributed by atoms with Crippen LogP contribution in [0.3, 0.4) is 0 Å². The monoisotopic (exact) mass is 405 g/mol. The molecule has 3 heterocycles. The summed E-state index contributed by atoms with van der Waals surface area (Å²) < 4.78 is 0. The van der Waals surface area contributed by atoms with E-state index in [1.807, 2.05) is 20.8 Å². The molecule has 0 bridgehead atoms. The summed E-state index contributed by atoms with van der Waals surface area (Å²) in [5, 5.41) is 7.13. The van der Waals surface area contributed by atoms with Crippen LogP contribution in [-0.4, -0.2) is 53.8 Å². The average Bonchev–Trinajstić information content (AvgIpc) is 3.23. The number of amides is 2. The van der Waals surface area contributed by atoms with Crippen molar-refractivity contribution >= 4 is 34.5 Å². The molecule has 3 rings (SSSR count).